The summed E-state index contributed by atoms with van der Waals surface area (Å²) in [6.07, 6.45) is 14.2. The lowest BCUT2D eigenvalue weighted by molar-refractivity contribution is -0.132. The van der Waals surface area contributed by atoms with Gasteiger partial charge in [0.2, 0.25) is 0 Å². The van der Waals surface area contributed by atoms with Crippen LogP contribution in [0.15, 0.2) is 86.8 Å². The molecule has 0 aliphatic heterocycles. The Morgan fingerprint density at radius 1 is 1.09 bits per heavy atom. The molecule has 0 saturated carbocycles. The van der Waals surface area contributed by atoms with E-state index in [9.17, 15) is 9.90 Å². The van der Waals surface area contributed by atoms with Gasteiger partial charge in [0.05, 0.1) is 5.57 Å². The van der Waals surface area contributed by atoms with E-state index in [2.05, 4.69) is 20.5 Å². The summed E-state index contributed by atoms with van der Waals surface area (Å²) in [5.74, 6) is -1.08. The molecule has 0 bridgehead atoms. The van der Waals surface area contributed by atoms with Gasteiger partial charge in [-0.1, -0.05) is 36.5 Å². The lowest BCUT2D eigenvalue weighted by atomic mass is 9.98. The molecule has 0 atom stereocenters. The summed E-state index contributed by atoms with van der Waals surface area (Å²) < 4.78 is 0. The van der Waals surface area contributed by atoms with Gasteiger partial charge in [-0.25, -0.2) is 4.79 Å². The van der Waals surface area contributed by atoms with Crippen molar-refractivity contribution in [3.63, 3.8) is 0 Å². The van der Waals surface area contributed by atoms with Crippen molar-refractivity contribution in [2.24, 2.45) is 15.4 Å². The summed E-state index contributed by atoms with van der Waals surface area (Å²) in [5, 5.41) is 30.0. The van der Waals surface area contributed by atoms with Crippen LogP contribution in [0, 0.1) is 5.39 Å². The summed E-state index contributed by atoms with van der Waals surface area (Å²) in [6, 6.07) is 0. The minimum Gasteiger partial charge on any atom is -0.478 e. The lowest BCUT2D eigenvalue weighted by Crippen LogP contribution is -2.04. The molecule has 112 valence electrons. The van der Waals surface area contributed by atoms with Crippen molar-refractivity contribution in [2.45, 2.75) is 0 Å². The van der Waals surface area contributed by atoms with Crippen LogP contribution in [0.3, 0.4) is 0 Å². The molecule has 0 saturated heterocycles. The van der Waals surface area contributed by atoms with Gasteiger partial charge in [-0.3, -0.25) is 5.22 Å². The standard InChI is InChI=1S/C15H10N6O2/c16-20-18-12-5-1-10(2-6-12)9-14(15(22)23)11-3-7-13(8-4-11)19-21-17/h1-9H,(H,22,23). The van der Waals surface area contributed by atoms with Gasteiger partial charge in [0.25, 0.3) is 5.39 Å². The molecule has 2 aliphatic carbocycles. The Labute approximate surface area is 131 Å². The second-order valence-corrected chi connectivity index (χ2v) is 4.38. The molecule has 0 amide bonds. The van der Waals surface area contributed by atoms with Gasteiger partial charge in [-0.15, -0.1) is 0 Å². The van der Waals surface area contributed by atoms with Crippen LogP contribution >= 0.6 is 0 Å². The molecule has 2 aliphatic rings. The van der Waals surface area contributed by atoms with E-state index in [4.69, 9.17) is 10.9 Å². The summed E-state index contributed by atoms with van der Waals surface area (Å²) in [7, 11) is 0. The first-order valence-corrected chi connectivity index (χ1v) is 6.40. The smallest absolute Gasteiger partial charge is 0.339 e. The molecule has 0 aromatic rings. The van der Waals surface area contributed by atoms with E-state index in [0.717, 1.165) is 0 Å². The third-order valence-electron chi connectivity index (χ3n) is 2.93. The molecule has 0 radical (unpaired) electrons. The number of hydrogen-bond donors (Lipinski definition) is 1. The Morgan fingerprint density at radius 2 is 1.70 bits per heavy atom. The zero-order chi connectivity index (χ0) is 16.7. The molecule has 0 spiro atoms. The van der Waals surface area contributed by atoms with Crippen LogP contribution in [0.4, 0.5) is 0 Å². The molecule has 23 heavy (non-hydrogen) atoms. The predicted molar refractivity (Wildman–Crippen MR) is 85.0 cm³/mol. The fraction of sp³-hybridized carbons (Fsp3) is 0. The molecule has 0 heterocycles. The molecule has 0 aromatic heterocycles. The number of carboxylic acids is 1. The van der Waals surface area contributed by atoms with Gasteiger partial charge in [-0.2, -0.15) is 0 Å². The number of hydrogen-bond acceptors (Lipinski definition) is 4. The Kier molecular flexibility index (Phi) is 4.99. The monoisotopic (exact) mass is 306 g/mol. The van der Waals surface area contributed by atoms with Crippen LogP contribution < -0.4 is 0 Å². The van der Waals surface area contributed by atoms with Crippen molar-refractivity contribution in [3.05, 3.63) is 82.0 Å². The average molecular weight is 306 g/mol. The highest BCUT2D eigenvalue weighted by atomic mass is 16.4. The summed E-state index contributed by atoms with van der Waals surface area (Å²) in [4.78, 5) is 11.5. The Hall–Kier alpha value is -3.73. The second-order valence-electron chi connectivity index (χ2n) is 4.38. The number of carboxylic acid groups (broad SMARTS) is 1. The summed E-state index contributed by atoms with van der Waals surface area (Å²) in [5.41, 5.74) is 10.4. The molecule has 8 heteroatoms. The highest BCUT2D eigenvalue weighted by Crippen LogP contribution is 2.18. The minimum atomic E-state index is -1.08. The number of aliphatic carboxylic acids is 1. The van der Waals surface area contributed by atoms with Crippen LogP contribution in [0.5, 0.6) is 0 Å². The molecule has 1 N–H and O–H groups in total. The average Bonchev–Trinajstić information content (AvgIpc) is 2.55. The lowest BCUT2D eigenvalue weighted by Gasteiger charge is -2.08. The highest BCUT2D eigenvalue weighted by Gasteiger charge is 2.12. The maximum absolute atomic E-state index is 11.5. The maximum atomic E-state index is 11.5. The van der Waals surface area contributed by atoms with Gasteiger partial charge in [0.1, 0.15) is 0 Å². The predicted octanol–water partition coefficient (Wildman–Crippen LogP) is 3.13. The SMILES string of the molecule is N#[N+]N=C1C=CC(=C(C=C2C=CC(=NN=[N-])C=C2)C(=O)O)C=C1. The van der Waals surface area contributed by atoms with E-state index < -0.39 is 5.97 Å². The molecule has 2 rings (SSSR count). The number of allylic oxidation sites excluding steroid dienone is 10. The fourth-order valence-electron chi connectivity index (χ4n) is 1.88. The van der Waals surface area contributed by atoms with Gasteiger partial charge < -0.3 is 15.7 Å². The first kappa shape index (κ1) is 15.7. The Bertz CT molecular complexity index is 793. The number of rotatable bonds is 3. The first-order chi connectivity index (χ1) is 11.1. The largest absolute Gasteiger partial charge is 0.478 e. The van der Waals surface area contributed by atoms with Gasteiger partial charge in [-0.05, 0) is 35.1 Å². The van der Waals surface area contributed by atoms with E-state index in [1.807, 2.05) is 0 Å². The molecular weight excluding hydrogens is 296 g/mol. The number of carbonyl (C=O) groups is 1. The number of diazo groups is 1. The normalized spacial score (nSPS) is 15.3. The van der Waals surface area contributed by atoms with Gasteiger partial charge in [0, 0.05) is 0 Å². The van der Waals surface area contributed by atoms with Crippen LogP contribution in [0.25, 0.3) is 10.6 Å². The molecule has 0 fully saturated rings. The minimum absolute atomic E-state index is 0.0917. The van der Waals surface area contributed by atoms with Crippen molar-refractivity contribution < 1.29 is 9.90 Å². The zero-order valence-corrected chi connectivity index (χ0v) is 11.7. The van der Waals surface area contributed by atoms with Crippen molar-refractivity contribution in [1.29, 1.82) is 5.39 Å². The highest BCUT2D eigenvalue weighted by molar-refractivity contribution is 6.07. The van der Waals surface area contributed by atoms with Crippen molar-refractivity contribution >= 4 is 17.4 Å². The van der Waals surface area contributed by atoms with Crippen LogP contribution in [-0.2, 0) is 4.79 Å². The van der Waals surface area contributed by atoms with Gasteiger partial charge in [0.15, 0.2) is 10.8 Å². The quantitative estimate of drug-likeness (QED) is 0.372. The van der Waals surface area contributed by atoms with E-state index in [-0.39, 0.29) is 5.57 Å². The van der Waals surface area contributed by atoms with E-state index in [0.29, 0.717) is 22.6 Å². The topological polar surface area (TPSA) is 125 Å². The molecular formula is C15H10N6O2. The van der Waals surface area contributed by atoms with Crippen molar-refractivity contribution in [1.82, 2.24) is 0 Å². The third-order valence-corrected chi connectivity index (χ3v) is 2.93. The Morgan fingerprint density at radius 3 is 2.22 bits per heavy atom. The van der Waals surface area contributed by atoms with Crippen LogP contribution in [0.1, 0.15) is 0 Å². The fourth-order valence-corrected chi connectivity index (χ4v) is 1.88. The first-order valence-electron chi connectivity index (χ1n) is 6.40. The van der Waals surface area contributed by atoms with Crippen LogP contribution in [-0.4, -0.2) is 22.5 Å². The Balaban J connectivity index is 2.34. The third kappa shape index (κ3) is 4.12. The van der Waals surface area contributed by atoms with Gasteiger partial charge >= 0.3 is 11.1 Å². The summed E-state index contributed by atoms with van der Waals surface area (Å²) in [6.45, 7) is 0. The molecule has 0 aromatic carbocycles. The van der Waals surface area contributed by atoms with Crippen molar-refractivity contribution in [2.75, 3.05) is 0 Å². The van der Waals surface area contributed by atoms with Crippen molar-refractivity contribution in [3.8, 4) is 0 Å². The van der Waals surface area contributed by atoms with Crippen LogP contribution in [0.2, 0.25) is 0 Å². The van der Waals surface area contributed by atoms with E-state index >= 15 is 0 Å². The number of nitrogens with zero attached hydrogens (tertiary/aromatic N) is 6. The molecule has 0 unspecified atom stereocenters. The maximum Gasteiger partial charge on any atom is 0.339 e. The summed E-state index contributed by atoms with van der Waals surface area (Å²) >= 11 is 0. The second kappa shape index (κ2) is 7.33. The van der Waals surface area contributed by atoms with E-state index in [1.54, 1.807) is 36.5 Å². The zero-order valence-electron chi connectivity index (χ0n) is 11.7. The van der Waals surface area contributed by atoms with E-state index in [1.165, 1.54) is 18.2 Å². The molecule has 8 nitrogen and oxygen atoms in total.